The molecule has 0 aromatic carbocycles. The van der Waals surface area contributed by atoms with Crippen LogP contribution in [0.1, 0.15) is 20.3 Å². The number of hydrogen-bond donors (Lipinski definition) is 0. The standard InChI is InChI=1S/C8H14O2/c1-5-6-7(9)8(2,3)10-4/h5H,1,6H2,2-4H3. The summed E-state index contributed by atoms with van der Waals surface area (Å²) >= 11 is 0. The Kier molecular flexibility index (Phi) is 3.30. The summed E-state index contributed by atoms with van der Waals surface area (Å²) < 4.78 is 4.95. The highest BCUT2D eigenvalue weighted by Crippen LogP contribution is 2.10. The summed E-state index contributed by atoms with van der Waals surface area (Å²) in [6, 6.07) is 0. The number of allylic oxidation sites excluding steroid dienone is 1. The zero-order chi connectivity index (χ0) is 8.20. The Morgan fingerprint density at radius 1 is 1.70 bits per heavy atom. The SMILES string of the molecule is C=CCC(=O)C(C)(C)OC. The largest absolute Gasteiger partial charge is 0.371 e. The molecule has 0 rings (SSSR count). The molecule has 0 aliphatic carbocycles. The number of methoxy groups -OCH3 is 1. The summed E-state index contributed by atoms with van der Waals surface area (Å²) in [5.41, 5.74) is -0.659. The Labute approximate surface area is 61.9 Å². The first-order chi connectivity index (χ1) is 4.54. The second kappa shape index (κ2) is 3.52. The first-order valence-electron chi connectivity index (χ1n) is 3.24. The number of rotatable bonds is 4. The van der Waals surface area contributed by atoms with Crippen molar-refractivity contribution >= 4 is 5.78 Å². The van der Waals surface area contributed by atoms with Crippen molar-refractivity contribution in [1.29, 1.82) is 0 Å². The van der Waals surface area contributed by atoms with Crippen LogP contribution in [0, 0.1) is 0 Å². The van der Waals surface area contributed by atoms with E-state index in [2.05, 4.69) is 6.58 Å². The summed E-state index contributed by atoms with van der Waals surface area (Å²) in [4.78, 5) is 11.1. The zero-order valence-electron chi connectivity index (χ0n) is 6.81. The van der Waals surface area contributed by atoms with Crippen molar-refractivity contribution in [2.75, 3.05) is 7.11 Å². The molecule has 0 N–H and O–H groups in total. The Morgan fingerprint density at radius 2 is 2.20 bits per heavy atom. The molecule has 0 spiro atoms. The third-order valence-electron chi connectivity index (χ3n) is 1.51. The van der Waals surface area contributed by atoms with Crippen molar-refractivity contribution in [3.05, 3.63) is 12.7 Å². The van der Waals surface area contributed by atoms with Gasteiger partial charge in [0.25, 0.3) is 0 Å². The molecule has 0 radical (unpaired) electrons. The minimum absolute atomic E-state index is 0.0602. The molecule has 0 heterocycles. The van der Waals surface area contributed by atoms with Crippen LogP contribution in [0.15, 0.2) is 12.7 Å². The van der Waals surface area contributed by atoms with Crippen molar-refractivity contribution in [2.45, 2.75) is 25.9 Å². The van der Waals surface area contributed by atoms with Crippen molar-refractivity contribution in [3.8, 4) is 0 Å². The second-order valence-corrected chi connectivity index (χ2v) is 2.63. The molecule has 58 valence electrons. The molecular formula is C8H14O2. The number of carbonyl (C=O) groups is 1. The van der Waals surface area contributed by atoms with Gasteiger partial charge in [-0.25, -0.2) is 0 Å². The molecule has 0 saturated carbocycles. The van der Waals surface area contributed by atoms with Gasteiger partial charge < -0.3 is 4.74 Å². The van der Waals surface area contributed by atoms with Crippen LogP contribution >= 0.6 is 0 Å². The third-order valence-corrected chi connectivity index (χ3v) is 1.51. The summed E-state index contributed by atoms with van der Waals surface area (Å²) in [5.74, 6) is 0.0602. The summed E-state index contributed by atoms with van der Waals surface area (Å²) in [6.07, 6.45) is 1.96. The summed E-state index contributed by atoms with van der Waals surface area (Å²) in [5, 5.41) is 0. The van der Waals surface area contributed by atoms with Gasteiger partial charge in [0.1, 0.15) is 5.60 Å². The average Bonchev–Trinajstić information content (AvgIpc) is 1.89. The van der Waals surface area contributed by atoms with E-state index in [0.29, 0.717) is 6.42 Å². The highest BCUT2D eigenvalue weighted by atomic mass is 16.5. The molecule has 0 amide bonds. The lowest BCUT2D eigenvalue weighted by molar-refractivity contribution is -0.136. The van der Waals surface area contributed by atoms with E-state index in [1.165, 1.54) is 7.11 Å². The maximum absolute atomic E-state index is 11.1. The van der Waals surface area contributed by atoms with E-state index in [4.69, 9.17) is 4.74 Å². The number of hydrogen-bond acceptors (Lipinski definition) is 2. The Morgan fingerprint density at radius 3 is 2.50 bits per heavy atom. The van der Waals surface area contributed by atoms with Gasteiger partial charge in [0, 0.05) is 13.5 Å². The van der Waals surface area contributed by atoms with Crippen molar-refractivity contribution in [2.24, 2.45) is 0 Å². The second-order valence-electron chi connectivity index (χ2n) is 2.63. The maximum atomic E-state index is 11.1. The van der Waals surface area contributed by atoms with Gasteiger partial charge in [-0.05, 0) is 13.8 Å². The maximum Gasteiger partial charge on any atom is 0.167 e. The third kappa shape index (κ3) is 2.31. The number of carbonyl (C=O) groups excluding carboxylic acids is 1. The van der Waals surface area contributed by atoms with E-state index in [9.17, 15) is 4.79 Å². The van der Waals surface area contributed by atoms with Crippen LogP contribution in [-0.4, -0.2) is 18.5 Å². The number of ketones is 1. The van der Waals surface area contributed by atoms with E-state index in [1.807, 2.05) is 0 Å². The van der Waals surface area contributed by atoms with E-state index in [-0.39, 0.29) is 5.78 Å². The van der Waals surface area contributed by atoms with Gasteiger partial charge in [0.2, 0.25) is 0 Å². The lowest BCUT2D eigenvalue weighted by atomic mass is 10.0. The van der Waals surface area contributed by atoms with E-state index < -0.39 is 5.60 Å². The van der Waals surface area contributed by atoms with Crippen LogP contribution in [0.4, 0.5) is 0 Å². The van der Waals surface area contributed by atoms with E-state index in [1.54, 1.807) is 19.9 Å². The van der Waals surface area contributed by atoms with Gasteiger partial charge >= 0.3 is 0 Å². The molecular weight excluding hydrogens is 128 g/mol. The molecule has 0 aliphatic rings. The van der Waals surface area contributed by atoms with Crippen LogP contribution in [-0.2, 0) is 9.53 Å². The molecule has 10 heavy (non-hydrogen) atoms. The molecule has 0 aromatic heterocycles. The highest BCUT2D eigenvalue weighted by Gasteiger charge is 2.24. The van der Waals surface area contributed by atoms with Gasteiger partial charge in [-0.1, -0.05) is 6.08 Å². The molecule has 2 heteroatoms. The normalized spacial score (nSPS) is 11.1. The van der Waals surface area contributed by atoms with Gasteiger partial charge in [-0.2, -0.15) is 0 Å². The van der Waals surface area contributed by atoms with Crippen molar-refractivity contribution < 1.29 is 9.53 Å². The smallest absolute Gasteiger partial charge is 0.167 e. The van der Waals surface area contributed by atoms with Crippen LogP contribution in [0.3, 0.4) is 0 Å². The van der Waals surface area contributed by atoms with Gasteiger partial charge in [-0.3, -0.25) is 4.79 Å². The molecule has 0 aromatic rings. The van der Waals surface area contributed by atoms with Crippen molar-refractivity contribution in [1.82, 2.24) is 0 Å². The molecule has 0 saturated heterocycles. The minimum atomic E-state index is -0.659. The molecule has 0 unspecified atom stereocenters. The fourth-order valence-corrected chi connectivity index (χ4v) is 0.491. The molecule has 0 aliphatic heterocycles. The lowest BCUT2D eigenvalue weighted by Crippen LogP contribution is -2.33. The quantitative estimate of drug-likeness (QED) is 0.557. The van der Waals surface area contributed by atoms with E-state index >= 15 is 0 Å². The fourth-order valence-electron chi connectivity index (χ4n) is 0.491. The molecule has 0 atom stereocenters. The van der Waals surface area contributed by atoms with Gasteiger partial charge in [-0.15, -0.1) is 6.58 Å². The van der Waals surface area contributed by atoms with Crippen molar-refractivity contribution in [3.63, 3.8) is 0 Å². The van der Waals surface area contributed by atoms with Gasteiger partial charge in [0.05, 0.1) is 0 Å². The van der Waals surface area contributed by atoms with Crippen LogP contribution in [0.2, 0.25) is 0 Å². The van der Waals surface area contributed by atoms with Gasteiger partial charge in [0.15, 0.2) is 5.78 Å². The predicted molar refractivity (Wildman–Crippen MR) is 40.9 cm³/mol. The first kappa shape index (κ1) is 9.37. The zero-order valence-corrected chi connectivity index (χ0v) is 6.81. The molecule has 0 fully saturated rings. The van der Waals surface area contributed by atoms with Crippen LogP contribution in [0.5, 0.6) is 0 Å². The Balaban J connectivity index is 4.03. The predicted octanol–water partition coefficient (Wildman–Crippen LogP) is 1.56. The summed E-state index contributed by atoms with van der Waals surface area (Å²) in [7, 11) is 1.53. The Hall–Kier alpha value is -0.630. The first-order valence-corrected chi connectivity index (χ1v) is 3.24. The van der Waals surface area contributed by atoms with E-state index in [0.717, 1.165) is 0 Å². The average molecular weight is 142 g/mol. The minimum Gasteiger partial charge on any atom is -0.371 e. The lowest BCUT2D eigenvalue weighted by Gasteiger charge is -2.19. The summed E-state index contributed by atoms with van der Waals surface area (Å²) in [6.45, 7) is 6.97. The number of Topliss-reactive ketones (excluding diaryl/α,β-unsaturated/α-hetero) is 1. The highest BCUT2D eigenvalue weighted by molar-refractivity contribution is 5.87. The monoisotopic (exact) mass is 142 g/mol. The van der Waals surface area contributed by atoms with Crippen LogP contribution < -0.4 is 0 Å². The topological polar surface area (TPSA) is 26.3 Å². The van der Waals surface area contributed by atoms with Crippen LogP contribution in [0.25, 0.3) is 0 Å². The molecule has 2 nitrogen and oxygen atoms in total. The molecule has 0 bridgehead atoms. The number of ether oxygens (including phenoxy) is 1. The fraction of sp³-hybridized carbons (Fsp3) is 0.625. The Bertz CT molecular complexity index is 136.